The zero-order valence-electron chi connectivity index (χ0n) is 15.1. The number of halogens is 5. The largest absolute Gasteiger partial charge is 0.451 e. The standard InChI is InChI=1S/C18H15ClF4N2O4/c1-10(24-28-9-11-5-3-4-6-13(11)18(21,22)23)12-7-14(20)16(19)15(8-12)29-25-17(26)27-2/h3-8H,9H2,1-2H3,(H,25,26). The van der Waals surface area contributed by atoms with Gasteiger partial charge in [0.2, 0.25) is 0 Å². The van der Waals surface area contributed by atoms with Crippen LogP contribution < -0.4 is 10.3 Å². The molecule has 11 heteroatoms. The molecule has 0 spiro atoms. The summed E-state index contributed by atoms with van der Waals surface area (Å²) in [6.07, 6.45) is -5.47. The molecule has 156 valence electrons. The van der Waals surface area contributed by atoms with E-state index < -0.39 is 35.3 Å². The van der Waals surface area contributed by atoms with Crippen molar-refractivity contribution in [3.63, 3.8) is 0 Å². The van der Waals surface area contributed by atoms with Crippen LogP contribution in [-0.4, -0.2) is 18.9 Å². The molecule has 0 heterocycles. The van der Waals surface area contributed by atoms with Gasteiger partial charge in [-0.05, 0) is 25.1 Å². The Morgan fingerprint density at radius 1 is 1.24 bits per heavy atom. The van der Waals surface area contributed by atoms with Crippen molar-refractivity contribution in [3.05, 3.63) is 63.9 Å². The maximum absolute atomic E-state index is 14.0. The van der Waals surface area contributed by atoms with Crippen molar-refractivity contribution in [2.75, 3.05) is 7.11 Å². The Bertz CT molecular complexity index is 919. The summed E-state index contributed by atoms with van der Waals surface area (Å²) in [6, 6.07) is 7.19. The van der Waals surface area contributed by atoms with Crippen LogP contribution >= 0.6 is 11.6 Å². The molecule has 2 aromatic carbocycles. The molecule has 1 N–H and O–H groups in total. The number of rotatable bonds is 6. The molecule has 0 aromatic heterocycles. The van der Waals surface area contributed by atoms with Crippen molar-refractivity contribution in [2.24, 2.45) is 5.16 Å². The molecule has 0 saturated heterocycles. The Balaban J connectivity index is 2.16. The van der Waals surface area contributed by atoms with Gasteiger partial charge in [0.05, 0.1) is 18.4 Å². The number of hydroxylamine groups is 1. The third-order valence-electron chi connectivity index (χ3n) is 3.59. The highest BCUT2D eigenvalue weighted by atomic mass is 35.5. The van der Waals surface area contributed by atoms with E-state index in [0.29, 0.717) is 0 Å². The van der Waals surface area contributed by atoms with E-state index in [1.165, 1.54) is 31.2 Å². The van der Waals surface area contributed by atoms with Gasteiger partial charge < -0.3 is 14.4 Å². The van der Waals surface area contributed by atoms with Crippen molar-refractivity contribution in [3.8, 4) is 5.75 Å². The number of hydrogen-bond donors (Lipinski definition) is 1. The minimum Gasteiger partial charge on any atom is -0.451 e. The van der Waals surface area contributed by atoms with E-state index >= 15 is 0 Å². The summed E-state index contributed by atoms with van der Waals surface area (Å²) < 4.78 is 57.3. The van der Waals surface area contributed by atoms with Gasteiger partial charge in [-0.3, -0.25) is 0 Å². The fraction of sp³-hybridized carbons (Fsp3) is 0.222. The number of alkyl halides is 3. The second-order valence-electron chi connectivity index (χ2n) is 5.57. The van der Waals surface area contributed by atoms with Gasteiger partial charge in [0.25, 0.3) is 0 Å². The summed E-state index contributed by atoms with van der Waals surface area (Å²) in [5, 5.41) is 3.30. The maximum Gasteiger partial charge on any atom is 0.440 e. The van der Waals surface area contributed by atoms with Crippen LogP contribution in [0.3, 0.4) is 0 Å². The molecule has 0 aliphatic heterocycles. The Hall–Kier alpha value is -3.01. The number of carbonyl (C=O) groups excluding carboxylic acids is 1. The van der Waals surface area contributed by atoms with E-state index in [2.05, 4.69) is 9.89 Å². The number of oxime groups is 1. The topological polar surface area (TPSA) is 69.2 Å². The zero-order valence-corrected chi connectivity index (χ0v) is 15.9. The Morgan fingerprint density at radius 3 is 2.59 bits per heavy atom. The number of benzene rings is 2. The minimum atomic E-state index is -4.53. The molecule has 6 nitrogen and oxygen atoms in total. The molecule has 0 aliphatic carbocycles. The number of amides is 1. The third-order valence-corrected chi connectivity index (χ3v) is 3.95. The summed E-state index contributed by atoms with van der Waals surface area (Å²) in [5.41, 5.74) is 1.23. The van der Waals surface area contributed by atoms with Gasteiger partial charge in [0.1, 0.15) is 17.4 Å². The molecule has 0 unspecified atom stereocenters. The lowest BCUT2D eigenvalue weighted by Crippen LogP contribution is -2.26. The molecule has 0 bridgehead atoms. The summed E-state index contributed by atoms with van der Waals surface area (Å²) in [7, 11) is 1.10. The first-order chi connectivity index (χ1) is 13.6. The third kappa shape index (κ3) is 5.98. The molecule has 2 rings (SSSR count). The van der Waals surface area contributed by atoms with Gasteiger partial charge in [-0.2, -0.15) is 18.7 Å². The second-order valence-corrected chi connectivity index (χ2v) is 5.95. The number of ether oxygens (including phenoxy) is 1. The molecule has 0 atom stereocenters. The molecule has 29 heavy (non-hydrogen) atoms. The average Bonchev–Trinajstić information content (AvgIpc) is 2.68. The van der Waals surface area contributed by atoms with Gasteiger partial charge in [-0.1, -0.05) is 35.0 Å². The normalized spacial score (nSPS) is 11.8. The molecular weight excluding hydrogens is 420 g/mol. The monoisotopic (exact) mass is 434 g/mol. The summed E-state index contributed by atoms with van der Waals surface area (Å²) >= 11 is 5.77. The molecule has 0 radical (unpaired) electrons. The van der Waals surface area contributed by atoms with Gasteiger partial charge in [0.15, 0.2) is 5.75 Å². The number of hydrogen-bond acceptors (Lipinski definition) is 5. The molecular formula is C18H15ClF4N2O4. The lowest BCUT2D eigenvalue weighted by molar-refractivity contribution is -0.138. The molecule has 1 amide bonds. The van der Waals surface area contributed by atoms with E-state index in [4.69, 9.17) is 21.3 Å². The number of carbonyl (C=O) groups is 1. The molecule has 0 saturated carbocycles. The smallest absolute Gasteiger partial charge is 0.440 e. The van der Waals surface area contributed by atoms with Crippen LogP contribution in [0.25, 0.3) is 0 Å². The van der Waals surface area contributed by atoms with Crippen LogP contribution in [-0.2, 0) is 22.4 Å². The van der Waals surface area contributed by atoms with Crippen LogP contribution in [0.2, 0.25) is 5.02 Å². The SMILES string of the molecule is COC(=O)NOc1cc(C(C)=NOCc2ccccc2C(F)(F)F)cc(F)c1Cl. The van der Waals surface area contributed by atoms with Crippen molar-refractivity contribution in [2.45, 2.75) is 19.7 Å². The fourth-order valence-corrected chi connectivity index (χ4v) is 2.31. The summed E-state index contributed by atoms with van der Waals surface area (Å²) in [4.78, 5) is 20.9. The van der Waals surface area contributed by atoms with Crippen LogP contribution in [0, 0.1) is 5.82 Å². The Morgan fingerprint density at radius 2 is 1.93 bits per heavy atom. The quantitative estimate of drug-likeness (QED) is 0.390. The predicted octanol–water partition coefficient (Wildman–Crippen LogP) is 5.09. The van der Waals surface area contributed by atoms with Gasteiger partial charge in [-0.15, -0.1) is 0 Å². The average molecular weight is 435 g/mol. The highest BCUT2D eigenvalue weighted by Gasteiger charge is 2.33. The first kappa shape index (κ1) is 22.3. The minimum absolute atomic E-state index is 0.106. The summed E-state index contributed by atoms with van der Waals surface area (Å²) in [6.45, 7) is 0.992. The zero-order chi connectivity index (χ0) is 21.6. The number of nitrogens with zero attached hydrogens (tertiary/aromatic N) is 1. The first-order valence-electron chi connectivity index (χ1n) is 7.95. The first-order valence-corrected chi connectivity index (χ1v) is 8.33. The molecule has 0 aliphatic rings. The molecule has 0 fully saturated rings. The van der Waals surface area contributed by atoms with E-state index in [1.54, 1.807) is 0 Å². The van der Waals surface area contributed by atoms with Crippen molar-refractivity contribution < 1.29 is 36.8 Å². The Labute approximate surface area is 167 Å². The fourth-order valence-electron chi connectivity index (χ4n) is 2.16. The second kappa shape index (κ2) is 9.46. The highest BCUT2D eigenvalue weighted by molar-refractivity contribution is 6.32. The number of methoxy groups -OCH3 is 1. The van der Waals surface area contributed by atoms with Crippen LogP contribution in [0.1, 0.15) is 23.6 Å². The molecule has 2 aromatic rings. The van der Waals surface area contributed by atoms with Gasteiger partial charge >= 0.3 is 12.3 Å². The Kier molecular flexibility index (Phi) is 7.27. The highest BCUT2D eigenvalue weighted by Crippen LogP contribution is 2.32. The predicted molar refractivity (Wildman–Crippen MR) is 96.0 cm³/mol. The number of nitrogens with one attached hydrogen (secondary N) is 1. The van der Waals surface area contributed by atoms with Crippen LogP contribution in [0.15, 0.2) is 41.6 Å². The summed E-state index contributed by atoms with van der Waals surface area (Å²) in [5.74, 6) is -1.10. The van der Waals surface area contributed by atoms with Crippen molar-refractivity contribution in [1.82, 2.24) is 5.48 Å². The maximum atomic E-state index is 14.0. The lowest BCUT2D eigenvalue weighted by Gasteiger charge is -2.12. The van der Waals surface area contributed by atoms with E-state index in [0.717, 1.165) is 19.2 Å². The lowest BCUT2D eigenvalue weighted by atomic mass is 10.1. The van der Waals surface area contributed by atoms with Gasteiger partial charge in [-0.25, -0.2) is 9.18 Å². The van der Waals surface area contributed by atoms with Crippen LogP contribution in [0.4, 0.5) is 22.4 Å². The van der Waals surface area contributed by atoms with Crippen molar-refractivity contribution in [1.29, 1.82) is 0 Å². The van der Waals surface area contributed by atoms with Crippen molar-refractivity contribution >= 4 is 23.4 Å². The van der Waals surface area contributed by atoms with Crippen LogP contribution in [0.5, 0.6) is 5.75 Å². The van der Waals surface area contributed by atoms with E-state index in [1.807, 2.05) is 5.48 Å². The van der Waals surface area contributed by atoms with Gasteiger partial charge in [0, 0.05) is 11.1 Å². The van der Waals surface area contributed by atoms with E-state index in [-0.39, 0.29) is 22.6 Å². The van der Waals surface area contributed by atoms with E-state index in [9.17, 15) is 22.4 Å².